The van der Waals surface area contributed by atoms with Crippen molar-refractivity contribution in [3.05, 3.63) is 37.9 Å². The molecular formula is C11H7Br2ClN2O. The molecule has 0 bridgehead atoms. The first kappa shape index (κ1) is 12.8. The number of nitrogens with zero attached hydrogens (tertiary/aromatic N) is 2. The Morgan fingerprint density at radius 1 is 1.41 bits per heavy atom. The fourth-order valence-corrected chi connectivity index (χ4v) is 2.43. The first-order chi connectivity index (χ1) is 8.04. The second kappa shape index (κ2) is 4.92. The highest BCUT2D eigenvalue weighted by molar-refractivity contribution is 9.10. The Balaban J connectivity index is 2.72. The molecule has 17 heavy (non-hydrogen) atoms. The van der Waals surface area contributed by atoms with E-state index in [0.29, 0.717) is 20.9 Å². The van der Waals surface area contributed by atoms with Crippen molar-refractivity contribution in [1.82, 2.24) is 9.78 Å². The van der Waals surface area contributed by atoms with E-state index in [9.17, 15) is 4.79 Å². The number of hydrogen-bond acceptors (Lipinski definition) is 2. The van der Waals surface area contributed by atoms with Crippen molar-refractivity contribution in [3.8, 4) is 11.3 Å². The third kappa shape index (κ3) is 2.32. The maximum absolute atomic E-state index is 11.1. The van der Waals surface area contributed by atoms with E-state index < -0.39 is 0 Å². The molecule has 0 fully saturated rings. The zero-order valence-electron chi connectivity index (χ0n) is 8.75. The van der Waals surface area contributed by atoms with Gasteiger partial charge in [-0.15, -0.1) is 0 Å². The second-order valence-corrected chi connectivity index (χ2v) is 5.49. The van der Waals surface area contributed by atoms with Gasteiger partial charge in [-0.3, -0.25) is 9.48 Å². The zero-order chi connectivity index (χ0) is 12.6. The Kier molecular flexibility index (Phi) is 3.70. The van der Waals surface area contributed by atoms with Crippen LogP contribution >= 0.6 is 43.5 Å². The smallest absolute Gasteiger partial charge is 0.155 e. The van der Waals surface area contributed by atoms with Gasteiger partial charge in [-0.25, -0.2) is 0 Å². The van der Waals surface area contributed by atoms with Crippen LogP contribution in [-0.2, 0) is 7.05 Å². The minimum atomic E-state index is 0.493. The predicted molar refractivity (Wildman–Crippen MR) is 74.4 cm³/mol. The Morgan fingerprint density at radius 3 is 2.76 bits per heavy atom. The van der Waals surface area contributed by atoms with E-state index in [1.165, 1.54) is 0 Å². The number of carbonyl (C=O) groups is 1. The minimum absolute atomic E-state index is 0.493. The maximum atomic E-state index is 11.1. The Morgan fingerprint density at radius 2 is 2.12 bits per heavy atom. The van der Waals surface area contributed by atoms with Crippen LogP contribution in [0.25, 0.3) is 11.3 Å². The van der Waals surface area contributed by atoms with Gasteiger partial charge in [-0.1, -0.05) is 27.5 Å². The molecule has 3 nitrogen and oxygen atoms in total. The van der Waals surface area contributed by atoms with Gasteiger partial charge >= 0.3 is 0 Å². The molecule has 6 heteroatoms. The molecule has 0 saturated heterocycles. The van der Waals surface area contributed by atoms with Crippen LogP contribution in [0.4, 0.5) is 0 Å². The normalized spacial score (nSPS) is 10.6. The lowest BCUT2D eigenvalue weighted by atomic mass is 10.1. The molecule has 1 aromatic carbocycles. The van der Waals surface area contributed by atoms with Gasteiger partial charge in [0.15, 0.2) is 6.29 Å². The van der Waals surface area contributed by atoms with Gasteiger partial charge in [-0.2, -0.15) is 5.10 Å². The van der Waals surface area contributed by atoms with E-state index in [0.717, 1.165) is 16.3 Å². The highest BCUT2D eigenvalue weighted by atomic mass is 79.9. The second-order valence-electron chi connectivity index (χ2n) is 3.42. The first-order valence-electron chi connectivity index (χ1n) is 4.67. The molecule has 2 aromatic rings. The lowest BCUT2D eigenvalue weighted by Crippen LogP contribution is -1.90. The standard InChI is InChI=1S/C11H7Br2ClN2O/c1-16-11(13)8(5-17)10(15-16)7-4-6(12)2-3-9(7)14/h2-5H,1H3. The van der Waals surface area contributed by atoms with Crippen LogP contribution < -0.4 is 0 Å². The summed E-state index contributed by atoms with van der Waals surface area (Å²) in [5.74, 6) is 0. The van der Waals surface area contributed by atoms with Crippen molar-refractivity contribution >= 4 is 49.7 Å². The number of benzene rings is 1. The molecule has 0 aliphatic carbocycles. The van der Waals surface area contributed by atoms with E-state index in [-0.39, 0.29) is 0 Å². The van der Waals surface area contributed by atoms with Crippen molar-refractivity contribution in [1.29, 1.82) is 0 Å². The van der Waals surface area contributed by atoms with E-state index in [1.54, 1.807) is 17.8 Å². The average molecular weight is 378 g/mol. The van der Waals surface area contributed by atoms with Gasteiger partial charge in [0.05, 0.1) is 10.6 Å². The van der Waals surface area contributed by atoms with E-state index in [2.05, 4.69) is 37.0 Å². The van der Waals surface area contributed by atoms with Gasteiger partial charge in [-0.05, 0) is 34.1 Å². The molecule has 0 N–H and O–H groups in total. The molecule has 0 amide bonds. The SMILES string of the molecule is Cn1nc(-c2cc(Br)ccc2Cl)c(C=O)c1Br. The summed E-state index contributed by atoms with van der Waals surface area (Å²) >= 11 is 12.8. The zero-order valence-corrected chi connectivity index (χ0v) is 12.7. The quantitative estimate of drug-likeness (QED) is 0.738. The molecule has 88 valence electrons. The first-order valence-corrected chi connectivity index (χ1v) is 6.64. The van der Waals surface area contributed by atoms with Crippen molar-refractivity contribution in [2.75, 3.05) is 0 Å². The molecule has 1 aromatic heterocycles. The average Bonchev–Trinajstić information content (AvgIpc) is 2.58. The molecule has 0 spiro atoms. The summed E-state index contributed by atoms with van der Waals surface area (Å²) in [6.45, 7) is 0. The molecule has 2 rings (SSSR count). The van der Waals surface area contributed by atoms with Crippen molar-refractivity contribution < 1.29 is 4.79 Å². The summed E-state index contributed by atoms with van der Waals surface area (Å²) in [5.41, 5.74) is 1.79. The molecule has 0 radical (unpaired) electrons. The number of carbonyl (C=O) groups excluding carboxylic acids is 1. The monoisotopic (exact) mass is 376 g/mol. The third-order valence-electron chi connectivity index (χ3n) is 2.31. The van der Waals surface area contributed by atoms with Crippen molar-refractivity contribution in [3.63, 3.8) is 0 Å². The minimum Gasteiger partial charge on any atom is -0.298 e. The number of hydrogen-bond donors (Lipinski definition) is 0. The van der Waals surface area contributed by atoms with Gasteiger partial charge < -0.3 is 0 Å². The number of aldehydes is 1. The molecular weight excluding hydrogens is 371 g/mol. The van der Waals surface area contributed by atoms with Crippen LogP contribution in [-0.4, -0.2) is 16.1 Å². The van der Waals surface area contributed by atoms with Gasteiger partial charge in [0.2, 0.25) is 0 Å². The predicted octanol–water partition coefficient (Wildman–Crippen LogP) is 4.08. The molecule has 0 atom stereocenters. The van der Waals surface area contributed by atoms with Gasteiger partial charge in [0, 0.05) is 17.1 Å². The Hall–Kier alpha value is -0.650. The van der Waals surface area contributed by atoms with Crippen molar-refractivity contribution in [2.45, 2.75) is 0 Å². The summed E-state index contributed by atoms with van der Waals surface area (Å²) in [6.07, 6.45) is 0.768. The Bertz CT molecular complexity index is 595. The maximum Gasteiger partial charge on any atom is 0.155 e. The summed E-state index contributed by atoms with van der Waals surface area (Å²) in [4.78, 5) is 11.1. The largest absolute Gasteiger partial charge is 0.298 e. The molecule has 0 aliphatic heterocycles. The summed E-state index contributed by atoms with van der Waals surface area (Å²) in [5, 5.41) is 4.84. The molecule has 1 heterocycles. The highest BCUT2D eigenvalue weighted by Gasteiger charge is 2.17. The fraction of sp³-hybridized carbons (Fsp3) is 0.0909. The number of aromatic nitrogens is 2. The lowest BCUT2D eigenvalue weighted by molar-refractivity contribution is 0.112. The van der Waals surface area contributed by atoms with Gasteiger partial charge in [0.25, 0.3) is 0 Å². The molecule has 0 aliphatic rings. The van der Waals surface area contributed by atoms with E-state index in [4.69, 9.17) is 11.6 Å². The molecule has 0 unspecified atom stereocenters. The van der Waals surface area contributed by atoms with Crippen LogP contribution in [0.5, 0.6) is 0 Å². The molecule has 0 saturated carbocycles. The Labute approximate surface area is 120 Å². The van der Waals surface area contributed by atoms with Crippen LogP contribution in [0.2, 0.25) is 5.02 Å². The summed E-state index contributed by atoms with van der Waals surface area (Å²) in [6, 6.07) is 5.44. The number of rotatable bonds is 2. The van der Waals surface area contributed by atoms with Gasteiger partial charge in [0.1, 0.15) is 10.3 Å². The van der Waals surface area contributed by atoms with Crippen LogP contribution in [0.3, 0.4) is 0 Å². The summed E-state index contributed by atoms with van der Waals surface area (Å²) < 4.78 is 3.12. The lowest BCUT2D eigenvalue weighted by Gasteiger charge is -2.02. The third-order valence-corrected chi connectivity index (χ3v) is 4.08. The highest BCUT2D eigenvalue weighted by Crippen LogP contribution is 2.33. The number of aryl methyl sites for hydroxylation is 1. The van der Waals surface area contributed by atoms with E-state index >= 15 is 0 Å². The van der Waals surface area contributed by atoms with Crippen LogP contribution in [0.1, 0.15) is 10.4 Å². The van der Waals surface area contributed by atoms with Crippen molar-refractivity contribution in [2.24, 2.45) is 7.05 Å². The van der Waals surface area contributed by atoms with Crippen LogP contribution in [0.15, 0.2) is 27.3 Å². The number of halogens is 3. The topological polar surface area (TPSA) is 34.9 Å². The van der Waals surface area contributed by atoms with Crippen LogP contribution in [0, 0.1) is 0 Å². The van der Waals surface area contributed by atoms with E-state index in [1.807, 2.05) is 12.1 Å². The fourth-order valence-electron chi connectivity index (χ4n) is 1.50. The summed E-state index contributed by atoms with van der Waals surface area (Å²) in [7, 11) is 1.76.